The van der Waals surface area contributed by atoms with Gasteiger partial charge < -0.3 is 9.84 Å². The third-order valence-electron chi connectivity index (χ3n) is 3.65. The van der Waals surface area contributed by atoms with Gasteiger partial charge in [0.25, 0.3) is 10.0 Å². The third-order valence-corrected chi connectivity index (χ3v) is 5.71. The summed E-state index contributed by atoms with van der Waals surface area (Å²) in [6, 6.07) is 12.8. The summed E-state index contributed by atoms with van der Waals surface area (Å²) in [7, 11) is -2.16. The van der Waals surface area contributed by atoms with Crippen LogP contribution < -0.4 is 9.04 Å². The minimum Gasteiger partial charge on any atom is -0.493 e. The van der Waals surface area contributed by atoms with Gasteiger partial charge in [-0.3, -0.25) is 4.31 Å². The summed E-state index contributed by atoms with van der Waals surface area (Å²) in [5, 5.41) is 10.1. The van der Waals surface area contributed by atoms with Gasteiger partial charge in [0.1, 0.15) is 5.75 Å². The lowest BCUT2D eigenvalue weighted by atomic mass is 10.1. The molecule has 136 valence electrons. The standard InChI is InChI=1S/C18H22ClNO4S/c1-18(2,21)12-13-24-16-8-6-15(7-9-16)20(3)25(22,23)17-10-4-14(19)5-11-17/h4-11,21H,12-13H2,1-3H3. The van der Waals surface area contributed by atoms with Crippen molar-refractivity contribution < 1.29 is 18.3 Å². The molecular formula is C18H22ClNO4S. The minimum atomic E-state index is -3.66. The second-order valence-corrected chi connectivity index (χ2v) is 8.74. The Hall–Kier alpha value is -1.76. The lowest BCUT2D eigenvalue weighted by Gasteiger charge is -2.20. The quantitative estimate of drug-likeness (QED) is 0.791. The fourth-order valence-corrected chi connectivity index (χ4v) is 3.40. The monoisotopic (exact) mass is 383 g/mol. The molecule has 2 aromatic rings. The zero-order valence-electron chi connectivity index (χ0n) is 14.4. The maximum Gasteiger partial charge on any atom is 0.264 e. The number of rotatable bonds is 7. The number of nitrogens with zero attached hydrogens (tertiary/aromatic N) is 1. The summed E-state index contributed by atoms with van der Waals surface area (Å²) in [5.74, 6) is 0.616. The molecule has 0 spiro atoms. The van der Waals surface area contributed by atoms with Crippen LogP contribution in [-0.4, -0.2) is 32.8 Å². The first-order chi connectivity index (χ1) is 11.6. The van der Waals surface area contributed by atoms with E-state index in [4.69, 9.17) is 16.3 Å². The molecule has 0 fully saturated rings. The lowest BCUT2D eigenvalue weighted by Crippen LogP contribution is -2.26. The normalized spacial score (nSPS) is 12.0. The van der Waals surface area contributed by atoms with Gasteiger partial charge in [0.2, 0.25) is 0 Å². The van der Waals surface area contributed by atoms with Gasteiger partial charge in [0, 0.05) is 18.5 Å². The summed E-state index contributed by atoms with van der Waals surface area (Å²) in [6.07, 6.45) is 0.500. The molecule has 0 amide bonds. The van der Waals surface area contributed by atoms with Gasteiger partial charge in [0.15, 0.2) is 0 Å². The van der Waals surface area contributed by atoms with E-state index >= 15 is 0 Å². The van der Waals surface area contributed by atoms with Crippen molar-refractivity contribution in [1.29, 1.82) is 0 Å². The summed E-state index contributed by atoms with van der Waals surface area (Å²) in [6.45, 7) is 3.81. The van der Waals surface area contributed by atoms with Crippen LogP contribution in [0.25, 0.3) is 0 Å². The summed E-state index contributed by atoms with van der Waals surface area (Å²) in [4.78, 5) is 0.171. The molecular weight excluding hydrogens is 362 g/mol. The Kier molecular flexibility index (Phi) is 5.98. The molecule has 0 bridgehead atoms. The SMILES string of the molecule is CN(c1ccc(OCCC(C)(C)O)cc1)S(=O)(=O)c1ccc(Cl)cc1. The molecule has 0 radical (unpaired) electrons. The number of anilines is 1. The van der Waals surface area contributed by atoms with Crippen molar-refractivity contribution in [2.45, 2.75) is 30.8 Å². The zero-order chi connectivity index (χ0) is 18.7. The zero-order valence-corrected chi connectivity index (χ0v) is 16.0. The van der Waals surface area contributed by atoms with E-state index in [1.165, 1.54) is 23.5 Å². The first-order valence-electron chi connectivity index (χ1n) is 7.79. The van der Waals surface area contributed by atoms with Crippen molar-refractivity contribution in [3.05, 3.63) is 53.6 Å². The topological polar surface area (TPSA) is 66.8 Å². The Bertz CT molecular complexity index is 796. The molecule has 0 aliphatic rings. The maximum absolute atomic E-state index is 12.6. The molecule has 0 unspecified atom stereocenters. The van der Waals surface area contributed by atoms with Crippen LogP contribution in [0.15, 0.2) is 53.4 Å². The minimum absolute atomic E-state index is 0.171. The molecule has 0 aromatic heterocycles. The van der Waals surface area contributed by atoms with Crippen LogP contribution >= 0.6 is 11.6 Å². The Morgan fingerprint density at radius 3 is 2.16 bits per heavy atom. The van der Waals surface area contributed by atoms with Crippen LogP contribution in [0, 0.1) is 0 Å². The fraction of sp³-hybridized carbons (Fsp3) is 0.333. The molecule has 1 N–H and O–H groups in total. The van der Waals surface area contributed by atoms with Crippen LogP contribution in [-0.2, 0) is 10.0 Å². The number of halogens is 1. The molecule has 0 aliphatic carbocycles. The number of benzene rings is 2. The van der Waals surface area contributed by atoms with Gasteiger partial charge in [0.05, 0.1) is 22.8 Å². The molecule has 7 heteroatoms. The molecule has 0 saturated heterocycles. The number of sulfonamides is 1. The van der Waals surface area contributed by atoms with Crippen molar-refractivity contribution in [3.8, 4) is 5.75 Å². The van der Waals surface area contributed by atoms with Gasteiger partial charge >= 0.3 is 0 Å². The van der Waals surface area contributed by atoms with E-state index in [1.807, 2.05) is 0 Å². The molecule has 25 heavy (non-hydrogen) atoms. The predicted molar refractivity (Wildman–Crippen MR) is 99.9 cm³/mol. The maximum atomic E-state index is 12.6. The number of hydrogen-bond donors (Lipinski definition) is 1. The molecule has 2 aromatic carbocycles. The summed E-state index contributed by atoms with van der Waals surface area (Å²) < 4.78 is 32.0. The van der Waals surface area contributed by atoms with Gasteiger partial charge in [-0.1, -0.05) is 11.6 Å². The van der Waals surface area contributed by atoms with Crippen LogP contribution in [0.5, 0.6) is 5.75 Å². The van der Waals surface area contributed by atoms with Crippen molar-refractivity contribution in [2.75, 3.05) is 18.0 Å². The molecule has 0 aliphatic heterocycles. The van der Waals surface area contributed by atoms with Crippen LogP contribution in [0.4, 0.5) is 5.69 Å². The molecule has 0 atom stereocenters. The molecule has 0 saturated carbocycles. The number of aliphatic hydroxyl groups is 1. The largest absolute Gasteiger partial charge is 0.493 e. The first-order valence-corrected chi connectivity index (χ1v) is 9.61. The van der Waals surface area contributed by atoms with Crippen molar-refractivity contribution >= 4 is 27.3 Å². The van der Waals surface area contributed by atoms with Crippen molar-refractivity contribution in [1.82, 2.24) is 0 Å². The molecule has 0 heterocycles. The van der Waals surface area contributed by atoms with Crippen LogP contribution in [0.2, 0.25) is 5.02 Å². The van der Waals surface area contributed by atoms with Gasteiger partial charge in [-0.25, -0.2) is 8.42 Å². The van der Waals surface area contributed by atoms with Crippen LogP contribution in [0.3, 0.4) is 0 Å². The highest BCUT2D eigenvalue weighted by atomic mass is 35.5. The lowest BCUT2D eigenvalue weighted by molar-refractivity contribution is 0.0553. The van der Waals surface area contributed by atoms with Crippen LogP contribution in [0.1, 0.15) is 20.3 Å². The average molecular weight is 384 g/mol. The van der Waals surface area contributed by atoms with Crippen molar-refractivity contribution in [3.63, 3.8) is 0 Å². The van der Waals surface area contributed by atoms with Gasteiger partial charge in [-0.15, -0.1) is 0 Å². The highest BCUT2D eigenvalue weighted by molar-refractivity contribution is 7.92. The molecule has 5 nitrogen and oxygen atoms in total. The second-order valence-electron chi connectivity index (χ2n) is 6.33. The summed E-state index contributed by atoms with van der Waals surface area (Å²) in [5.41, 5.74) is -0.267. The van der Waals surface area contributed by atoms with Crippen molar-refractivity contribution in [2.24, 2.45) is 0 Å². The van der Waals surface area contributed by atoms with E-state index in [-0.39, 0.29) is 4.90 Å². The Labute approximate surface area is 153 Å². The fourth-order valence-electron chi connectivity index (χ4n) is 2.07. The summed E-state index contributed by atoms with van der Waals surface area (Å²) >= 11 is 5.81. The average Bonchev–Trinajstić information content (AvgIpc) is 2.54. The van der Waals surface area contributed by atoms with E-state index in [1.54, 1.807) is 50.2 Å². The third kappa shape index (κ3) is 5.36. The highest BCUT2D eigenvalue weighted by Gasteiger charge is 2.21. The number of hydrogen-bond acceptors (Lipinski definition) is 4. The van der Waals surface area contributed by atoms with Gasteiger partial charge in [-0.05, 0) is 62.4 Å². The Balaban J connectivity index is 2.09. The van der Waals surface area contributed by atoms with E-state index < -0.39 is 15.6 Å². The predicted octanol–water partition coefficient (Wildman–Crippen LogP) is 3.70. The van der Waals surface area contributed by atoms with E-state index in [2.05, 4.69) is 0 Å². The Morgan fingerprint density at radius 2 is 1.64 bits per heavy atom. The van der Waals surface area contributed by atoms with E-state index in [0.717, 1.165) is 0 Å². The van der Waals surface area contributed by atoms with E-state index in [9.17, 15) is 13.5 Å². The van der Waals surface area contributed by atoms with Gasteiger partial charge in [-0.2, -0.15) is 0 Å². The first kappa shape index (κ1) is 19.6. The highest BCUT2D eigenvalue weighted by Crippen LogP contribution is 2.25. The number of ether oxygens (including phenoxy) is 1. The van der Waals surface area contributed by atoms with E-state index in [0.29, 0.717) is 29.5 Å². The second kappa shape index (κ2) is 7.64. The smallest absolute Gasteiger partial charge is 0.264 e. The Morgan fingerprint density at radius 1 is 1.08 bits per heavy atom. The molecule has 2 rings (SSSR count).